The van der Waals surface area contributed by atoms with Crippen molar-refractivity contribution in [3.05, 3.63) is 60.4 Å². The van der Waals surface area contributed by atoms with Crippen LogP contribution < -0.4 is 10.1 Å². The quantitative estimate of drug-likeness (QED) is 0.584. The van der Waals surface area contributed by atoms with Gasteiger partial charge in [-0.3, -0.25) is 4.79 Å². The summed E-state index contributed by atoms with van der Waals surface area (Å²) in [5.41, 5.74) is 1.48. The van der Waals surface area contributed by atoms with Crippen LogP contribution in [0.2, 0.25) is 0 Å². The summed E-state index contributed by atoms with van der Waals surface area (Å²) in [6.07, 6.45) is 3.16. The van der Waals surface area contributed by atoms with Crippen LogP contribution in [0, 0.1) is 0 Å². The molecule has 2 N–H and O–H groups in total. The number of carbonyl (C=O) groups excluding carboxylic acids is 1. The third-order valence-corrected chi connectivity index (χ3v) is 3.99. The third-order valence-electron chi connectivity index (χ3n) is 3.99. The molecule has 0 atom stereocenters. The molecule has 0 spiro atoms. The van der Waals surface area contributed by atoms with Crippen LogP contribution in [-0.4, -0.2) is 26.9 Å². The summed E-state index contributed by atoms with van der Waals surface area (Å²) in [7, 11) is 0. The molecule has 0 radical (unpaired) electrons. The molecule has 0 aliphatic rings. The fourth-order valence-electron chi connectivity index (χ4n) is 2.83. The lowest BCUT2D eigenvalue weighted by molar-refractivity contribution is 0.0944. The number of carbonyl (C=O) groups is 1. The van der Waals surface area contributed by atoms with Crippen molar-refractivity contribution >= 4 is 27.8 Å². The number of aromatic nitrogens is 3. The van der Waals surface area contributed by atoms with Crippen LogP contribution in [0.4, 0.5) is 0 Å². The summed E-state index contributed by atoms with van der Waals surface area (Å²) in [6, 6.07) is 13.8. The molecular weight excluding hydrogens is 328 g/mol. The van der Waals surface area contributed by atoms with Crippen molar-refractivity contribution in [1.82, 2.24) is 20.3 Å². The molecule has 0 bridgehead atoms. The first-order valence-electron chi connectivity index (χ1n) is 8.42. The second kappa shape index (κ2) is 6.48. The van der Waals surface area contributed by atoms with E-state index in [4.69, 9.17) is 4.74 Å². The number of aromatic amines is 1. The Morgan fingerprint density at radius 2 is 1.96 bits per heavy atom. The highest BCUT2D eigenvalue weighted by Crippen LogP contribution is 2.29. The van der Waals surface area contributed by atoms with Gasteiger partial charge in [0.05, 0.1) is 11.8 Å². The van der Waals surface area contributed by atoms with Crippen LogP contribution >= 0.6 is 0 Å². The normalized spacial score (nSPS) is 11.2. The molecule has 4 aromatic rings. The predicted octanol–water partition coefficient (Wildman–Crippen LogP) is 4.04. The molecule has 6 nitrogen and oxygen atoms in total. The number of amides is 1. The molecule has 0 fully saturated rings. The summed E-state index contributed by atoms with van der Waals surface area (Å²) in [5, 5.41) is 4.93. The minimum Gasteiger partial charge on any atom is -0.437 e. The second-order valence-electron chi connectivity index (χ2n) is 6.32. The molecule has 26 heavy (non-hydrogen) atoms. The lowest BCUT2D eigenvalue weighted by Gasteiger charge is -2.09. The Balaban J connectivity index is 1.72. The molecule has 130 valence electrons. The van der Waals surface area contributed by atoms with Crippen molar-refractivity contribution in [1.29, 1.82) is 0 Å². The number of fused-ring (bicyclic) bond motifs is 2. The van der Waals surface area contributed by atoms with Gasteiger partial charge in [0.2, 0.25) is 5.88 Å². The van der Waals surface area contributed by atoms with Gasteiger partial charge < -0.3 is 15.0 Å². The van der Waals surface area contributed by atoms with Crippen molar-refractivity contribution in [2.45, 2.75) is 19.9 Å². The van der Waals surface area contributed by atoms with E-state index < -0.39 is 0 Å². The van der Waals surface area contributed by atoms with Gasteiger partial charge in [-0.2, -0.15) is 0 Å². The first-order valence-corrected chi connectivity index (χ1v) is 8.42. The van der Waals surface area contributed by atoms with Crippen LogP contribution in [0.25, 0.3) is 21.9 Å². The van der Waals surface area contributed by atoms with E-state index in [1.54, 1.807) is 12.4 Å². The first-order chi connectivity index (χ1) is 12.6. The maximum Gasteiger partial charge on any atom is 0.255 e. The van der Waals surface area contributed by atoms with Crippen LogP contribution in [0.1, 0.15) is 24.2 Å². The molecule has 2 aromatic heterocycles. The zero-order chi connectivity index (χ0) is 18.1. The van der Waals surface area contributed by atoms with Crippen LogP contribution in [-0.2, 0) is 0 Å². The SMILES string of the molecule is CC(C)NC(=O)c1c[nH]c2ncc(Oc3cccc4ccccc34)nc12. The first kappa shape index (κ1) is 16.1. The van der Waals surface area contributed by atoms with E-state index in [1.807, 2.05) is 56.3 Å². The lowest BCUT2D eigenvalue weighted by Crippen LogP contribution is -2.29. The van der Waals surface area contributed by atoms with E-state index in [0.29, 0.717) is 28.4 Å². The molecule has 0 saturated carbocycles. The van der Waals surface area contributed by atoms with Crippen LogP contribution in [0.3, 0.4) is 0 Å². The predicted molar refractivity (Wildman–Crippen MR) is 101 cm³/mol. The molecule has 0 aliphatic carbocycles. The largest absolute Gasteiger partial charge is 0.437 e. The monoisotopic (exact) mass is 346 g/mol. The number of H-pyrrole nitrogens is 1. The summed E-state index contributed by atoms with van der Waals surface area (Å²) in [5.74, 6) is 0.843. The van der Waals surface area contributed by atoms with Crippen molar-refractivity contribution in [3.63, 3.8) is 0 Å². The van der Waals surface area contributed by atoms with Crippen LogP contribution in [0.15, 0.2) is 54.9 Å². The van der Waals surface area contributed by atoms with Gasteiger partial charge in [0, 0.05) is 17.6 Å². The van der Waals surface area contributed by atoms with Gasteiger partial charge >= 0.3 is 0 Å². The highest BCUT2D eigenvalue weighted by molar-refractivity contribution is 6.04. The Morgan fingerprint density at radius 3 is 2.81 bits per heavy atom. The van der Waals surface area contributed by atoms with E-state index in [1.165, 1.54) is 0 Å². The minimum absolute atomic E-state index is 0.0375. The van der Waals surface area contributed by atoms with Crippen LogP contribution in [0.5, 0.6) is 11.6 Å². The molecule has 2 heterocycles. The second-order valence-corrected chi connectivity index (χ2v) is 6.32. The Hall–Kier alpha value is -3.41. The van der Waals surface area contributed by atoms with E-state index in [2.05, 4.69) is 20.3 Å². The minimum atomic E-state index is -0.192. The summed E-state index contributed by atoms with van der Waals surface area (Å²) in [4.78, 5) is 24.1. The Labute approximate surface area is 150 Å². The fourth-order valence-corrected chi connectivity index (χ4v) is 2.83. The average Bonchev–Trinajstić information content (AvgIpc) is 3.05. The Bertz CT molecular complexity index is 1100. The standard InChI is InChI=1S/C20H18N4O2/c1-12(2)23-20(25)15-10-21-19-18(15)24-17(11-22-19)26-16-9-5-7-13-6-3-4-8-14(13)16/h3-12H,1-2H3,(H,21,22)(H,23,25). The molecule has 0 saturated heterocycles. The molecule has 6 heteroatoms. The fraction of sp³-hybridized carbons (Fsp3) is 0.150. The molecule has 0 unspecified atom stereocenters. The highest BCUT2D eigenvalue weighted by atomic mass is 16.5. The number of ether oxygens (including phenoxy) is 1. The van der Waals surface area contributed by atoms with Gasteiger partial charge in [-0.1, -0.05) is 36.4 Å². The summed E-state index contributed by atoms with van der Waals surface area (Å²) in [6.45, 7) is 3.82. The number of nitrogens with zero attached hydrogens (tertiary/aromatic N) is 2. The summed E-state index contributed by atoms with van der Waals surface area (Å²) >= 11 is 0. The maximum absolute atomic E-state index is 12.3. The number of benzene rings is 2. The smallest absolute Gasteiger partial charge is 0.255 e. The number of hydrogen-bond donors (Lipinski definition) is 2. The lowest BCUT2D eigenvalue weighted by atomic mass is 10.1. The molecule has 4 rings (SSSR count). The zero-order valence-corrected chi connectivity index (χ0v) is 14.5. The van der Waals surface area contributed by atoms with Gasteiger partial charge in [-0.25, -0.2) is 9.97 Å². The third kappa shape index (κ3) is 2.97. The molecule has 0 aliphatic heterocycles. The number of hydrogen-bond acceptors (Lipinski definition) is 4. The van der Waals surface area contributed by atoms with Gasteiger partial charge in [0.1, 0.15) is 11.3 Å². The van der Waals surface area contributed by atoms with E-state index in [-0.39, 0.29) is 11.9 Å². The average molecular weight is 346 g/mol. The van der Waals surface area contributed by atoms with Gasteiger partial charge in [0.15, 0.2) is 5.65 Å². The summed E-state index contributed by atoms with van der Waals surface area (Å²) < 4.78 is 5.97. The van der Waals surface area contributed by atoms with Gasteiger partial charge in [-0.05, 0) is 25.3 Å². The van der Waals surface area contributed by atoms with Crippen molar-refractivity contribution in [2.75, 3.05) is 0 Å². The van der Waals surface area contributed by atoms with E-state index in [9.17, 15) is 4.79 Å². The molecule has 1 amide bonds. The van der Waals surface area contributed by atoms with Crippen molar-refractivity contribution < 1.29 is 9.53 Å². The number of nitrogens with one attached hydrogen (secondary N) is 2. The van der Waals surface area contributed by atoms with Crippen molar-refractivity contribution in [3.8, 4) is 11.6 Å². The Morgan fingerprint density at radius 1 is 1.15 bits per heavy atom. The number of rotatable bonds is 4. The van der Waals surface area contributed by atoms with E-state index >= 15 is 0 Å². The molecule has 2 aromatic carbocycles. The Kier molecular flexibility index (Phi) is 4.01. The maximum atomic E-state index is 12.3. The topological polar surface area (TPSA) is 79.9 Å². The highest BCUT2D eigenvalue weighted by Gasteiger charge is 2.16. The van der Waals surface area contributed by atoms with E-state index in [0.717, 1.165) is 10.8 Å². The molecular formula is C20H18N4O2. The van der Waals surface area contributed by atoms with Crippen molar-refractivity contribution in [2.24, 2.45) is 0 Å². The van der Waals surface area contributed by atoms with Gasteiger partial charge in [-0.15, -0.1) is 0 Å². The zero-order valence-electron chi connectivity index (χ0n) is 14.5. The van der Waals surface area contributed by atoms with Gasteiger partial charge in [0.25, 0.3) is 5.91 Å².